The fourth-order valence-electron chi connectivity index (χ4n) is 3.30. The quantitative estimate of drug-likeness (QED) is 0.739. The summed E-state index contributed by atoms with van der Waals surface area (Å²) >= 11 is 0. The molecule has 1 saturated heterocycles. The van der Waals surface area contributed by atoms with Gasteiger partial charge in [-0.05, 0) is 58.7 Å². The lowest BCUT2D eigenvalue weighted by Gasteiger charge is -2.37. The zero-order valence-corrected chi connectivity index (χ0v) is 17.7. The molecule has 0 unspecified atom stereocenters. The van der Waals surface area contributed by atoms with Crippen molar-refractivity contribution in [3.8, 4) is 5.75 Å². The number of benzene rings is 1. The molecule has 1 fully saturated rings. The molecule has 1 aliphatic rings. The van der Waals surface area contributed by atoms with Gasteiger partial charge in [-0.1, -0.05) is 12.1 Å². The summed E-state index contributed by atoms with van der Waals surface area (Å²) in [6.45, 7) is 8.56. The van der Waals surface area contributed by atoms with Crippen molar-refractivity contribution in [1.29, 1.82) is 0 Å². The van der Waals surface area contributed by atoms with Gasteiger partial charge in [0.25, 0.3) is 0 Å². The number of hydrogen-bond donors (Lipinski definition) is 2. The SMILES string of the molecule is CC(C)(C)OC(=O)N1[C@@H]([C@@H](O)[C@@H](N)Cc2cccc(OC(F)(F)F)c2)COC1(C)C. The molecule has 0 aliphatic carbocycles. The molecule has 1 aromatic rings. The molecule has 0 spiro atoms. The van der Waals surface area contributed by atoms with Crippen molar-refractivity contribution >= 4 is 6.09 Å². The monoisotopic (exact) mass is 434 g/mol. The van der Waals surface area contributed by atoms with E-state index in [-0.39, 0.29) is 18.8 Å². The largest absolute Gasteiger partial charge is 0.573 e. The number of rotatable bonds is 5. The number of alkyl halides is 3. The second kappa shape index (κ2) is 8.60. The van der Waals surface area contributed by atoms with Gasteiger partial charge in [0.05, 0.1) is 18.8 Å². The Balaban J connectivity index is 2.13. The van der Waals surface area contributed by atoms with E-state index in [1.807, 2.05) is 0 Å². The zero-order chi connectivity index (χ0) is 22.9. The molecular weight excluding hydrogens is 405 g/mol. The summed E-state index contributed by atoms with van der Waals surface area (Å²) < 4.78 is 52.3. The first-order chi connectivity index (χ1) is 13.6. The Kier molecular flexibility index (Phi) is 6.95. The number of nitrogens with two attached hydrogens (primary N) is 1. The minimum atomic E-state index is -4.80. The summed E-state index contributed by atoms with van der Waals surface area (Å²) in [5, 5.41) is 10.8. The van der Waals surface area contributed by atoms with Crippen LogP contribution in [0.4, 0.5) is 18.0 Å². The molecule has 1 amide bonds. The van der Waals surface area contributed by atoms with Gasteiger partial charge in [0.15, 0.2) is 0 Å². The van der Waals surface area contributed by atoms with E-state index in [1.165, 1.54) is 23.1 Å². The maximum atomic E-state index is 12.7. The normalized spacial score (nSPS) is 21.3. The summed E-state index contributed by atoms with van der Waals surface area (Å²) in [7, 11) is 0. The van der Waals surface area contributed by atoms with Crippen molar-refractivity contribution in [2.24, 2.45) is 5.73 Å². The minimum Gasteiger partial charge on any atom is -0.444 e. The van der Waals surface area contributed by atoms with E-state index in [2.05, 4.69) is 4.74 Å². The smallest absolute Gasteiger partial charge is 0.444 e. The number of aliphatic hydroxyl groups is 1. The molecule has 3 N–H and O–H groups in total. The van der Waals surface area contributed by atoms with Crippen LogP contribution in [0.25, 0.3) is 0 Å². The molecule has 30 heavy (non-hydrogen) atoms. The highest BCUT2D eigenvalue weighted by molar-refractivity contribution is 5.70. The summed E-state index contributed by atoms with van der Waals surface area (Å²) in [6.07, 6.45) is -6.59. The Morgan fingerprint density at radius 1 is 1.37 bits per heavy atom. The first-order valence-electron chi connectivity index (χ1n) is 9.54. The minimum absolute atomic E-state index is 0.0400. The van der Waals surface area contributed by atoms with Gasteiger partial charge < -0.3 is 25.1 Å². The molecular formula is C20H29F3N2O5. The first-order valence-corrected chi connectivity index (χ1v) is 9.54. The molecule has 0 saturated carbocycles. The van der Waals surface area contributed by atoms with E-state index in [0.717, 1.165) is 0 Å². The number of carbonyl (C=O) groups excluding carboxylic acids is 1. The average molecular weight is 434 g/mol. The molecule has 170 valence electrons. The van der Waals surface area contributed by atoms with Crippen LogP contribution < -0.4 is 10.5 Å². The third kappa shape index (κ3) is 6.48. The molecule has 0 radical (unpaired) electrons. The Morgan fingerprint density at radius 3 is 2.57 bits per heavy atom. The third-order valence-electron chi connectivity index (χ3n) is 4.55. The van der Waals surface area contributed by atoms with Crippen LogP contribution in [0.3, 0.4) is 0 Å². The van der Waals surface area contributed by atoms with Crippen LogP contribution in [-0.4, -0.2) is 58.6 Å². The van der Waals surface area contributed by atoms with Crippen LogP contribution in [-0.2, 0) is 15.9 Å². The molecule has 7 nitrogen and oxygen atoms in total. The van der Waals surface area contributed by atoms with Crippen molar-refractivity contribution in [3.63, 3.8) is 0 Å². The highest BCUT2D eigenvalue weighted by Gasteiger charge is 2.49. The van der Waals surface area contributed by atoms with E-state index in [0.29, 0.717) is 5.56 Å². The van der Waals surface area contributed by atoms with Crippen molar-refractivity contribution in [1.82, 2.24) is 4.90 Å². The molecule has 0 bridgehead atoms. The van der Waals surface area contributed by atoms with Gasteiger partial charge in [0.1, 0.15) is 17.1 Å². The van der Waals surface area contributed by atoms with E-state index in [9.17, 15) is 23.1 Å². The van der Waals surface area contributed by atoms with Crippen LogP contribution in [0.1, 0.15) is 40.2 Å². The lowest BCUT2D eigenvalue weighted by Crippen LogP contribution is -2.57. The number of hydrogen-bond acceptors (Lipinski definition) is 6. The number of halogens is 3. The van der Waals surface area contributed by atoms with Crippen molar-refractivity contribution in [2.75, 3.05) is 6.61 Å². The average Bonchev–Trinajstić information content (AvgIpc) is 2.86. The fourth-order valence-corrected chi connectivity index (χ4v) is 3.30. The molecule has 1 aromatic carbocycles. The molecule has 3 atom stereocenters. The number of carbonyl (C=O) groups is 1. The first kappa shape index (κ1) is 24.2. The summed E-state index contributed by atoms with van der Waals surface area (Å²) in [6, 6.07) is 3.72. The highest BCUT2D eigenvalue weighted by Crippen LogP contribution is 2.32. The van der Waals surface area contributed by atoms with Crippen molar-refractivity contribution < 1.29 is 37.3 Å². The standard InChI is InChI=1S/C20H29F3N2O5/c1-18(2,3)30-17(27)25-15(11-28-19(25,4)5)16(26)14(24)10-12-7-6-8-13(9-12)29-20(21,22)23/h6-9,14-16,26H,10-11,24H2,1-5H3/t14-,15+,16-/m0/s1. The van der Waals surface area contributed by atoms with E-state index in [4.69, 9.17) is 15.2 Å². The molecule has 1 aliphatic heterocycles. The Labute approximate surface area is 173 Å². The van der Waals surface area contributed by atoms with Crippen LogP contribution in [0.15, 0.2) is 24.3 Å². The van der Waals surface area contributed by atoms with Crippen LogP contribution in [0.2, 0.25) is 0 Å². The molecule has 1 heterocycles. The number of amides is 1. The summed E-state index contributed by atoms with van der Waals surface area (Å²) in [5.74, 6) is -0.373. The highest BCUT2D eigenvalue weighted by atomic mass is 19.4. The van der Waals surface area contributed by atoms with Gasteiger partial charge in [0.2, 0.25) is 0 Å². The third-order valence-corrected chi connectivity index (χ3v) is 4.55. The topological polar surface area (TPSA) is 94.2 Å². The van der Waals surface area contributed by atoms with Gasteiger partial charge >= 0.3 is 12.5 Å². The molecule has 0 aromatic heterocycles. The Bertz CT molecular complexity index is 749. The van der Waals surface area contributed by atoms with E-state index < -0.39 is 42.0 Å². The zero-order valence-electron chi connectivity index (χ0n) is 17.7. The van der Waals surface area contributed by atoms with Crippen LogP contribution in [0, 0.1) is 0 Å². The molecule has 2 rings (SSSR count). The number of ether oxygens (including phenoxy) is 3. The number of nitrogens with zero attached hydrogens (tertiary/aromatic N) is 1. The maximum Gasteiger partial charge on any atom is 0.573 e. The lowest BCUT2D eigenvalue weighted by molar-refractivity contribution is -0.274. The van der Waals surface area contributed by atoms with Gasteiger partial charge in [-0.3, -0.25) is 4.90 Å². The fraction of sp³-hybridized carbons (Fsp3) is 0.650. The second-order valence-corrected chi connectivity index (χ2v) is 8.73. The van der Waals surface area contributed by atoms with Gasteiger partial charge in [0, 0.05) is 6.04 Å². The number of aliphatic hydroxyl groups excluding tert-OH is 1. The van der Waals surface area contributed by atoms with E-state index in [1.54, 1.807) is 40.7 Å². The summed E-state index contributed by atoms with van der Waals surface area (Å²) in [5.41, 5.74) is 4.82. The van der Waals surface area contributed by atoms with Crippen molar-refractivity contribution in [2.45, 2.75) is 76.9 Å². The van der Waals surface area contributed by atoms with E-state index >= 15 is 0 Å². The predicted molar refractivity (Wildman–Crippen MR) is 103 cm³/mol. The van der Waals surface area contributed by atoms with Crippen LogP contribution in [0.5, 0.6) is 5.75 Å². The van der Waals surface area contributed by atoms with Crippen LogP contribution >= 0.6 is 0 Å². The van der Waals surface area contributed by atoms with Crippen molar-refractivity contribution in [3.05, 3.63) is 29.8 Å². The van der Waals surface area contributed by atoms with Gasteiger partial charge in [-0.25, -0.2) is 4.79 Å². The Hall–Kier alpha value is -2.04. The Morgan fingerprint density at radius 2 is 2.00 bits per heavy atom. The van der Waals surface area contributed by atoms with Gasteiger partial charge in [-0.2, -0.15) is 0 Å². The summed E-state index contributed by atoms with van der Waals surface area (Å²) in [4.78, 5) is 14.0. The second-order valence-electron chi connectivity index (χ2n) is 8.73. The molecule has 10 heteroatoms. The lowest BCUT2D eigenvalue weighted by atomic mass is 9.96. The predicted octanol–water partition coefficient (Wildman–Crippen LogP) is 3.19. The maximum absolute atomic E-state index is 12.7. The van der Waals surface area contributed by atoms with Gasteiger partial charge in [-0.15, -0.1) is 13.2 Å².